The van der Waals surface area contributed by atoms with Crippen molar-refractivity contribution < 1.29 is 27.8 Å². The largest absolute Gasteiger partial charge is 0.393 e. The molecule has 3 nitrogen and oxygen atoms in total. The first kappa shape index (κ1) is 14.7. The van der Waals surface area contributed by atoms with E-state index in [9.17, 15) is 18.3 Å². The van der Waals surface area contributed by atoms with Crippen molar-refractivity contribution in [2.45, 2.75) is 44.3 Å². The highest BCUT2D eigenvalue weighted by molar-refractivity contribution is 4.61. The van der Waals surface area contributed by atoms with Gasteiger partial charge in [-0.25, -0.2) is 0 Å². The Kier molecular flexibility index (Phi) is 6.87. The predicted molar refractivity (Wildman–Crippen MR) is 48.3 cm³/mol. The lowest BCUT2D eigenvalue weighted by molar-refractivity contribution is -0.141. The van der Waals surface area contributed by atoms with Gasteiger partial charge in [0.25, 0.3) is 0 Å². The van der Waals surface area contributed by atoms with Gasteiger partial charge in [-0.05, 0) is 12.8 Å². The van der Waals surface area contributed by atoms with Crippen molar-refractivity contribution in [3.63, 3.8) is 0 Å². The van der Waals surface area contributed by atoms with Crippen LogP contribution >= 0.6 is 0 Å². The van der Waals surface area contributed by atoms with Crippen molar-refractivity contribution in [1.82, 2.24) is 0 Å². The van der Waals surface area contributed by atoms with Crippen LogP contribution in [0.2, 0.25) is 0 Å². The second-order valence-corrected chi connectivity index (χ2v) is 3.29. The van der Waals surface area contributed by atoms with Gasteiger partial charge in [0.1, 0.15) is 0 Å². The predicted octanol–water partition coefficient (Wildman–Crippen LogP) is 2.09. The molecule has 0 rings (SSSR count). The first-order valence-electron chi connectivity index (χ1n) is 4.69. The fourth-order valence-corrected chi connectivity index (χ4v) is 1.14. The smallest absolute Gasteiger partial charge is 0.389 e. The quantitative estimate of drug-likeness (QED) is 0.680. The summed E-state index contributed by atoms with van der Waals surface area (Å²) < 4.78 is 45.0. The Morgan fingerprint density at radius 1 is 1.07 bits per heavy atom. The number of methoxy groups -OCH3 is 2. The van der Waals surface area contributed by atoms with Crippen molar-refractivity contribution in [2.24, 2.45) is 0 Å². The molecule has 0 fully saturated rings. The van der Waals surface area contributed by atoms with Crippen LogP contribution in [0.1, 0.15) is 25.7 Å². The fourth-order valence-electron chi connectivity index (χ4n) is 1.14. The summed E-state index contributed by atoms with van der Waals surface area (Å²) in [7, 11) is 2.88. The summed E-state index contributed by atoms with van der Waals surface area (Å²) in [6.07, 6.45) is -6.25. The Morgan fingerprint density at radius 2 is 1.60 bits per heavy atom. The highest BCUT2D eigenvalue weighted by Crippen LogP contribution is 2.23. The normalized spacial score (nSPS) is 14.6. The molecule has 0 heterocycles. The van der Waals surface area contributed by atoms with Gasteiger partial charge in [0.2, 0.25) is 0 Å². The van der Waals surface area contributed by atoms with Crippen LogP contribution in [-0.2, 0) is 9.47 Å². The summed E-state index contributed by atoms with van der Waals surface area (Å²) in [6, 6.07) is 0. The minimum Gasteiger partial charge on any atom is -0.393 e. The molecule has 0 saturated heterocycles. The lowest BCUT2D eigenvalue weighted by Crippen LogP contribution is -2.19. The third kappa shape index (κ3) is 8.65. The maximum atomic E-state index is 11.8. The summed E-state index contributed by atoms with van der Waals surface area (Å²) in [6.45, 7) is 0. The van der Waals surface area contributed by atoms with Crippen molar-refractivity contribution in [3.8, 4) is 0 Å². The zero-order chi connectivity index (χ0) is 11.9. The summed E-state index contributed by atoms with van der Waals surface area (Å²) in [5.74, 6) is 0. The molecule has 6 heteroatoms. The van der Waals surface area contributed by atoms with E-state index in [2.05, 4.69) is 0 Å². The maximum absolute atomic E-state index is 11.8. The van der Waals surface area contributed by atoms with E-state index < -0.39 is 25.0 Å². The Morgan fingerprint density at radius 3 is 2.00 bits per heavy atom. The fraction of sp³-hybridized carbons (Fsp3) is 1.00. The van der Waals surface area contributed by atoms with Gasteiger partial charge in [0.05, 0.1) is 6.10 Å². The van der Waals surface area contributed by atoms with E-state index in [-0.39, 0.29) is 12.8 Å². The average molecular weight is 230 g/mol. The van der Waals surface area contributed by atoms with Gasteiger partial charge in [0.15, 0.2) is 6.29 Å². The number of hydrogen-bond donors (Lipinski definition) is 1. The molecule has 0 radical (unpaired) electrons. The van der Waals surface area contributed by atoms with E-state index >= 15 is 0 Å². The van der Waals surface area contributed by atoms with E-state index in [0.29, 0.717) is 6.42 Å². The molecule has 0 spiro atoms. The number of alkyl halides is 3. The molecule has 0 aromatic heterocycles. The standard InChI is InChI=1S/C9H17F3O3/c1-14-8(15-2)4-3-7(13)5-6-9(10,11)12/h7-8,13H,3-6H2,1-2H3. The molecule has 0 aliphatic carbocycles. The molecule has 92 valence electrons. The topological polar surface area (TPSA) is 38.7 Å². The second kappa shape index (κ2) is 7.03. The monoisotopic (exact) mass is 230 g/mol. The number of ether oxygens (including phenoxy) is 2. The van der Waals surface area contributed by atoms with Gasteiger partial charge in [-0.2, -0.15) is 13.2 Å². The van der Waals surface area contributed by atoms with Crippen LogP contribution in [0.25, 0.3) is 0 Å². The van der Waals surface area contributed by atoms with Gasteiger partial charge < -0.3 is 14.6 Å². The number of hydrogen-bond acceptors (Lipinski definition) is 3. The molecular weight excluding hydrogens is 213 g/mol. The summed E-state index contributed by atoms with van der Waals surface area (Å²) in [5, 5.41) is 9.24. The third-order valence-corrected chi connectivity index (χ3v) is 2.02. The Balaban J connectivity index is 3.61. The van der Waals surface area contributed by atoms with Crippen LogP contribution in [0.15, 0.2) is 0 Å². The minimum absolute atomic E-state index is 0.239. The number of halogens is 3. The second-order valence-electron chi connectivity index (χ2n) is 3.29. The summed E-state index contributed by atoms with van der Waals surface area (Å²) >= 11 is 0. The Labute approximate surface area is 87.2 Å². The molecule has 1 atom stereocenters. The molecule has 0 bridgehead atoms. The van der Waals surface area contributed by atoms with E-state index in [0.717, 1.165) is 0 Å². The van der Waals surface area contributed by atoms with Crippen molar-refractivity contribution in [2.75, 3.05) is 14.2 Å². The maximum Gasteiger partial charge on any atom is 0.389 e. The van der Waals surface area contributed by atoms with Crippen molar-refractivity contribution >= 4 is 0 Å². The highest BCUT2D eigenvalue weighted by atomic mass is 19.4. The van der Waals surface area contributed by atoms with Gasteiger partial charge in [-0.15, -0.1) is 0 Å². The van der Waals surface area contributed by atoms with E-state index in [4.69, 9.17) is 9.47 Å². The third-order valence-electron chi connectivity index (χ3n) is 2.02. The first-order valence-corrected chi connectivity index (χ1v) is 4.69. The van der Waals surface area contributed by atoms with Crippen LogP contribution < -0.4 is 0 Å². The summed E-state index contributed by atoms with van der Waals surface area (Å²) in [5.41, 5.74) is 0. The molecule has 1 unspecified atom stereocenters. The molecule has 15 heavy (non-hydrogen) atoms. The van der Waals surface area contributed by atoms with Gasteiger partial charge in [-0.1, -0.05) is 0 Å². The summed E-state index contributed by atoms with van der Waals surface area (Å²) in [4.78, 5) is 0. The SMILES string of the molecule is COC(CCC(O)CCC(F)(F)F)OC. The van der Waals surface area contributed by atoms with E-state index in [1.54, 1.807) is 0 Å². The molecular formula is C9H17F3O3. The average Bonchev–Trinajstić information content (AvgIpc) is 2.15. The number of aliphatic hydroxyl groups excluding tert-OH is 1. The molecule has 0 aliphatic rings. The minimum atomic E-state index is -4.21. The van der Waals surface area contributed by atoms with Crippen LogP contribution in [0.4, 0.5) is 13.2 Å². The van der Waals surface area contributed by atoms with Crippen LogP contribution in [0, 0.1) is 0 Å². The molecule has 0 aromatic carbocycles. The van der Waals surface area contributed by atoms with Crippen molar-refractivity contribution in [3.05, 3.63) is 0 Å². The van der Waals surface area contributed by atoms with E-state index in [1.807, 2.05) is 0 Å². The van der Waals surface area contributed by atoms with Gasteiger partial charge in [-0.3, -0.25) is 0 Å². The van der Waals surface area contributed by atoms with Crippen molar-refractivity contribution in [1.29, 1.82) is 0 Å². The Bertz CT molecular complexity index is 157. The zero-order valence-electron chi connectivity index (χ0n) is 8.88. The molecule has 0 aliphatic heterocycles. The van der Waals surface area contributed by atoms with Crippen LogP contribution in [0.5, 0.6) is 0 Å². The zero-order valence-corrected chi connectivity index (χ0v) is 8.88. The Hall–Kier alpha value is -0.330. The lowest BCUT2D eigenvalue weighted by atomic mass is 10.1. The van der Waals surface area contributed by atoms with E-state index in [1.165, 1.54) is 14.2 Å². The van der Waals surface area contributed by atoms with Crippen LogP contribution in [0.3, 0.4) is 0 Å². The molecule has 1 N–H and O–H groups in total. The molecule has 0 amide bonds. The highest BCUT2D eigenvalue weighted by Gasteiger charge is 2.27. The lowest BCUT2D eigenvalue weighted by Gasteiger charge is -2.16. The van der Waals surface area contributed by atoms with Gasteiger partial charge >= 0.3 is 6.18 Å². The number of rotatable bonds is 7. The number of aliphatic hydroxyl groups is 1. The first-order chi connectivity index (χ1) is 6.89. The van der Waals surface area contributed by atoms with Gasteiger partial charge in [0, 0.05) is 27.1 Å². The molecule has 0 aromatic rings. The molecule has 0 saturated carbocycles. The van der Waals surface area contributed by atoms with Crippen LogP contribution in [-0.4, -0.2) is 37.9 Å².